The van der Waals surface area contributed by atoms with Crippen molar-refractivity contribution in [2.45, 2.75) is 52.5 Å². The first-order chi connectivity index (χ1) is 7.99. The van der Waals surface area contributed by atoms with Gasteiger partial charge in [0.25, 0.3) is 5.91 Å². The summed E-state index contributed by atoms with van der Waals surface area (Å²) in [5, 5.41) is 9.71. The average molecular weight is 238 g/mol. The number of carbonyl (C=O) groups excluding carboxylic acids is 1. The number of hydrogen-bond donors (Lipinski definition) is 3. The van der Waals surface area contributed by atoms with Crippen LogP contribution in [0.25, 0.3) is 0 Å². The lowest BCUT2D eigenvalue weighted by molar-refractivity contribution is 0.0884. The number of rotatable bonds is 5. The molecule has 0 atom stereocenters. The quantitative estimate of drug-likeness (QED) is 0.733. The van der Waals surface area contributed by atoms with Gasteiger partial charge in [0.05, 0.1) is 11.4 Å². The summed E-state index contributed by atoms with van der Waals surface area (Å²) < 4.78 is 0. The lowest BCUT2D eigenvalue weighted by Crippen LogP contribution is -2.47. The Labute approximate surface area is 102 Å². The number of hydrogen-bond acceptors (Lipinski definition) is 3. The summed E-state index contributed by atoms with van der Waals surface area (Å²) in [5.41, 5.74) is 7.09. The average Bonchev–Trinajstić information content (AvgIpc) is 2.67. The van der Waals surface area contributed by atoms with E-state index in [9.17, 15) is 4.79 Å². The molecular weight excluding hydrogens is 216 g/mol. The van der Waals surface area contributed by atoms with Gasteiger partial charge in [0.2, 0.25) is 0 Å². The Balaban J connectivity index is 2.88. The van der Waals surface area contributed by atoms with E-state index in [1.54, 1.807) is 6.92 Å². The Hall–Kier alpha value is -1.52. The normalized spacial score (nSPS) is 11.5. The van der Waals surface area contributed by atoms with Gasteiger partial charge in [-0.1, -0.05) is 20.8 Å². The van der Waals surface area contributed by atoms with Crippen LogP contribution in [0.3, 0.4) is 0 Å². The molecule has 4 N–H and O–H groups in total. The van der Waals surface area contributed by atoms with E-state index in [2.05, 4.69) is 36.3 Å². The van der Waals surface area contributed by atoms with E-state index in [1.807, 2.05) is 0 Å². The van der Waals surface area contributed by atoms with Gasteiger partial charge < -0.3 is 11.1 Å². The molecule has 0 fully saturated rings. The molecule has 17 heavy (non-hydrogen) atoms. The van der Waals surface area contributed by atoms with Gasteiger partial charge >= 0.3 is 0 Å². The minimum absolute atomic E-state index is 0.156. The van der Waals surface area contributed by atoms with Gasteiger partial charge in [-0.3, -0.25) is 9.89 Å². The molecule has 1 aromatic heterocycles. The minimum atomic E-state index is -0.197. The number of carbonyl (C=O) groups is 1. The van der Waals surface area contributed by atoms with E-state index >= 15 is 0 Å². The Kier molecular flexibility index (Phi) is 4.15. The standard InChI is InChI=1S/C12H22N4O/c1-5-12(6-2,7-3)14-11(17)10-9(13)8(4)15-16-10/h5-7,13H2,1-4H3,(H,14,17)(H,15,16). The summed E-state index contributed by atoms with van der Waals surface area (Å²) in [5.74, 6) is -0.197. The van der Waals surface area contributed by atoms with Crippen LogP contribution < -0.4 is 11.1 Å². The molecule has 5 nitrogen and oxygen atoms in total. The highest BCUT2D eigenvalue weighted by atomic mass is 16.2. The number of nitrogen functional groups attached to an aromatic ring is 1. The predicted octanol–water partition coefficient (Wildman–Crippen LogP) is 2.00. The first-order valence-corrected chi connectivity index (χ1v) is 6.12. The van der Waals surface area contributed by atoms with Crippen molar-refractivity contribution >= 4 is 11.6 Å². The smallest absolute Gasteiger partial charge is 0.274 e. The van der Waals surface area contributed by atoms with Crippen molar-refractivity contribution in [3.05, 3.63) is 11.4 Å². The molecule has 0 aliphatic rings. The summed E-state index contributed by atoms with van der Waals surface area (Å²) in [6.07, 6.45) is 2.69. The molecule has 0 radical (unpaired) electrons. The molecule has 1 rings (SSSR count). The van der Waals surface area contributed by atoms with E-state index in [0.717, 1.165) is 25.0 Å². The van der Waals surface area contributed by atoms with Gasteiger partial charge in [0.15, 0.2) is 5.69 Å². The first-order valence-electron chi connectivity index (χ1n) is 6.12. The van der Waals surface area contributed by atoms with Crippen LogP contribution in [-0.4, -0.2) is 21.6 Å². The highest BCUT2D eigenvalue weighted by Crippen LogP contribution is 2.21. The second-order valence-electron chi connectivity index (χ2n) is 4.41. The molecule has 0 unspecified atom stereocenters. The number of aryl methyl sites for hydroxylation is 1. The molecular formula is C12H22N4O. The number of amides is 1. The van der Waals surface area contributed by atoms with E-state index in [-0.39, 0.29) is 11.4 Å². The fourth-order valence-electron chi connectivity index (χ4n) is 1.93. The van der Waals surface area contributed by atoms with Crippen molar-refractivity contribution in [3.63, 3.8) is 0 Å². The van der Waals surface area contributed by atoms with Crippen LogP contribution >= 0.6 is 0 Å². The second kappa shape index (κ2) is 5.21. The van der Waals surface area contributed by atoms with Crippen LogP contribution in [0.15, 0.2) is 0 Å². The zero-order valence-corrected chi connectivity index (χ0v) is 11.1. The monoisotopic (exact) mass is 238 g/mol. The SMILES string of the molecule is CCC(CC)(CC)NC(=O)c1n[nH]c(C)c1N. The molecule has 96 valence electrons. The Morgan fingerprint density at radius 3 is 2.24 bits per heavy atom. The Morgan fingerprint density at radius 1 is 1.35 bits per heavy atom. The molecule has 0 saturated carbocycles. The van der Waals surface area contributed by atoms with E-state index in [1.165, 1.54) is 0 Å². The van der Waals surface area contributed by atoms with Crippen molar-refractivity contribution in [3.8, 4) is 0 Å². The summed E-state index contributed by atoms with van der Waals surface area (Å²) >= 11 is 0. The van der Waals surface area contributed by atoms with Gasteiger partial charge in [0.1, 0.15) is 0 Å². The number of aromatic nitrogens is 2. The van der Waals surface area contributed by atoms with E-state index in [0.29, 0.717) is 11.4 Å². The van der Waals surface area contributed by atoms with Crippen molar-refractivity contribution in [1.29, 1.82) is 0 Å². The van der Waals surface area contributed by atoms with Crippen LogP contribution in [0.1, 0.15) is 56.2 Å². The summed E-state index contributed by atoms with van der Waals surface area (Å²) in [4.78, 5) is 12.1. The minimum Gasteiger partial charge on any atom is -0.395 e. The molecule has 0 aliphatic heterocycles. The van der Waals surface area contributed by atoms with E-state index in [4.69, 9.17) is 5.73 Å². The van der Waals surface area contributed by atoms with Crippen molar-refractivity contribution in [2.75, 3.05) is 5.73 Å². The summed E-state index contributed by atoms with van der Waals surface area (Å²) in [7, 11) is 0. The molecule has 0 spiro atoms. The third-order valence-electron chi connectivity index (χ3n) is 3.62. The van der Waals surface area contributed by atoms with Crippen molar-refractivity contribution in [1.82, 2.24) is 15.5 Å². The summed E-state index contributed by atoms with van der Waals surface area (Å²) in [6.45, 7) is 8.02. The van der Waals surface area contributed by atoms with Gasteiger partial charge in [-0.2, -0.15) is 5.10 Å². The van der Waals surface area contributed by atoms with Gasteiger partial charge in [-0.05, 0) is 26.2 Å². The molecule has 0 bridgehead atoms. The van der Waals surface area contributed by atoms with Crippen LogP contribution in [0, 0.1) is 6.92 Å². The fraction of sp³-hybridized carbons (Fsp3) is 0.667. The molecule has 1 heterocycles. The van der Waals surface area contributed by atoms with Crippen molar-refractivity contribution < 1.29 is 4.79 Å². The van der Waals surface area contributed by atoms with E-state index < -0.39 is 0 Å². The van der Waals surface area contributed by atoms with Crippen LogP contribution in [0.2, 0.25) is 0 Å². The number of nitrogens with two attached hydrogens (primary N) is 1. The number of H-pyrrole nitrogens is 1. The Morgan fingerprint density at radius 2 is 1.88 bits per heavy atom. The van der Waals surface area contributed by atoms with Gasteiger partial charge in [0, 0.05) is 5.54 Å². The largest absolute Gasteiger partial charge is 0.395 e. The van der Waals surface area contributed by atoms with Gasteiger partial charge in [-0.25, -0.2) is 0 Å². The summed E-state index contributed by atoms with van der Waals surface area (Å²) in [6, 6.07) is 0. The van der Waals surface area contributed by atoms with Gasteiger partial charge in [-0.15, -0.1) is 0 Å². The second-order valence-corrected chi connectivity index (χ2v) is 4.41. The topological polar surface area (TPSA) is 83.8 Å². The molecule has 1 amide bonds. The molecule has 0 aliphatic carbocycles. The molecule has 5 heteroatoms. The number of nitrogens with one attached hydrogen (secondary N) is 2. The Bertz CT molecular complexity index is 385. The highest BCUT2D eigenvalue weighted by Gasteiger charge is 2.28. The maximum atomic E-state index is 12.1. The maximum Gasteiger partial charge on any atom is 0.274 e. The lowest BCUT2D eigenvalue weighted by atomic mass is 9.89. The zero-order chi connectivity index (χ0) is 13.1. The fourth-order valence-corrected chi connectivity index (χ4v) is 1.93. The zero-order valence-electron chi connectivity index (χ0n) is 11.1. The first kappa shape index (κ1) is 13.5. The maximum absolute atomic E-state index is 12.1. The predicted molar refractivity (Wildman–Crippen MR) is 68.8 cm³/mol. The number of aromatic amines is 1. The number of anilines is 1. The highest BCUT2D eigenvalue weighted by molar-refractivity contribution is 5.98. The lowest BCUT2D eigenvalue weighted by Gasteiger charge is -2.31. The third kappa shape index (κ3) is 2.60. The molecule has 0 saturated heterocycles. The molecule has 1 aromatic rings. The van der Waals surface area contributed by atoms with Crippen molar-refractivity contribution in [2.24, 2.45) is 0 Å². The van der Waals surface area contributed by atoms with Crippen LogP contribution in [0.4, 0.5) is 5.69 Å². The van der Waals surface area contributed by atoms with Crippen LogP contribution in [-0.2, 0) is 0 Å². The van der Waals surface area contributed by atoms with Crippen LogP contribution in [0.5, 0.6) is 0 Å². The molecule has 0 aromatic carbocycles. The third-order valence-corrected chi connectivity index (χ3v) is 3.62. The number of nitrogens with zero attached hydrogens (tertiary/aromatic N) is 1.